The Hall–Kier alpha value is -2.90. The normalized spacial score (nSPS) is 11.8. The summed E-state index contributed by atoms with van der Waals surface area (Å²) in [6, 6.07) is 2.36. The smallest absolute Gasteiger partial charge is 0.330 e. The molecule has 2 rings (SSSR count). The van der Waals surface area contributed by atoms with Crippen molar-refractivity contribution in [2.24, 2.45) is 0 Å². The molecule has 2 aromatic rings. The van der Waals surface area contributed by atoms with Gasteiger partial charge in [-0.25, -0.2) is 9.18 Å². The highest BCUT2D eigenvalue weighted by Crippen LogP contribution is 2.22. The van der Waals surface area contributed by atoms with Crippen LogP contribution in [-0.4, -0.2) is 33.9 Å². The van der Waals surface area contributed by atoms with Crippen molar-refractivity contribution in [3.63, 3.8) is 0 Å². The van der Waals surface area contributed by atoms with Crippen LogP contribution >= 0.6 is 0 Å². The van der Waals surface area contributed by atoms with Crippen LogP contribution in [0.3, 0.4) is 0 Å². The Labute approximate surface area is 131 Å². The molecule has 1 atom stereocenters. The maximum Gasteiger partial charge on any atom is 0.330 e. The first-order chi connectivity index (χ1) is 10.9. The van der Waals surface area contributed by atoms with Crippen molar-refractivity contribution >= 4 is 11.9 Å². The highest BCUT2D eigenvalue weighted by Gasteiger charge is 2.23. The fourth-order valence-corrected chi connectivity index (χ4v) is 2.06. The van der Waals surface area contributed by atoms with Gasteiger partial charge in [-0.15, -0.1) is 0 Å². The topological polar surface area (TPSA) is 93.5 Å². The first kappa shape index (κ1) is 16.5. The van der Waals surface area contributed by atoms with Crippen molar-refractivity contribution in [2.75, 3.05) is 7.11 Å². The van der Waals surface area contributed by atoms with Gasteiger partial charge in [0.15, 0.2) is 17.6 Å². The van der Waals surface area contributed by atoms with Crippen molar-refractivity contribution in [3.05, 3.63) is 47.5 Å². The molecule has 122 valence electrons. The minimum Gasteiger partial charge on any atom is -0.494 e. The van der Waals surface area contributed by atoms with Gasteiger partial charge in [0.2, 0.25) is 5.91 Å². The molecule has 8 heteroatoms. The molecule has 7 nitrogen and oxygen atoms in total. The van der Waals surface area contributed by atoms with Crippen molar-refractivity contribution < 1.29 is 23.8 Å². The van der Waals surface area contributed by atoms with Crippen LogP contribution in [0, 0.1) is 12.7 Å². The molecule has 1 amide bonds. The summed E-state index contributed by atoms with van der Waals surface area (Å²) in [5.41, 5.74) is 0.991. The number of nitrogens with zero attached hydrogens (tertiary/aromatic N) is 2. The number of benzene rings is 1. The summed E-state index contributed by atoms with van der Waals surface area (Å²) in [5, 5.41) is 15.6. The number of nitrogens with one attached hydrogen (secondary N) is 1. The van der Waals surface area contributed by atoms with Gasteiger partial charge in [0.05, 0.1) is 13.3 Å². The number of aryl methyl sites for hydroxylation is 1. The minimum absolute atomic E-state index is 0.00349. The molecule has 0 saturated carbocycles. The molecule has 1 unspecified atom stereocenters. The fraction of sp³-hybridized carbons (Fsp3) is 0.267. The third kappa shape index (κ3) is 4.06. The zero-order valence-corrected chi connectivity index (χ0v) is 12.6. The Morgan fingerprint density at radius 3 is 2.74 bits per heavy atom. The third-order valence-electron chi connectivity index (χ3n) is 3.13. The lowest BCUT2D eigenvalue weighted by molar-refractivity contribution is -0.142. The number of aromatic nitrogens is 2. The van der Waals surface area contributed by atoms with E-state index in [1.807, 2.05) is 6.92 Å². The molecular weight excluding hydrogens is 305 g/mol. The molecule has 0 bridgehead atoms. The van der Waals surface area contributed by atoms with Gasteiger partial charge in [-0.05, 0) is 30.2 Å². The van der Waals surface area contributed by atoms with Crippen molar-refractivity contribution in [1.29, 1.82) is 0 Å². The SMILES string of the molecule is COc1ccc(C(NC(=O)Cn2cc(C)cn2)C(=O)O)cc1F. The molecule has 0 aliphatic rings. The van der Waals surface area contributed by atoms with Crippen LogP contribution in [0.1, 0.15) is 17.2 Å². The highest BCUT2D eigenvalue weighted by atomic mass is 19.1. The average Bonchev–Trinajstić information content (AvgIpc) is 2.89. The molecule has 0 aliphatic carbocycles. The van der Waals surface area contributed by atoms with Crippen LogP contribution in [0.4, 0.5) is 4.39 Å². The maximum atomic E-state index is 13.7. The fourth-order valence-electron chi connectivity index (χ4n) is 2.06. The van der Waals surface area contributed by atoms with Crippen molar-refractivity contribution in [1.82, 2.24) is 15.1 Å². The third-order valence-corrected chi connectivity index (χ3v) is 3.13. The van der Waals surface area contributed by atoms with E-state index < -0.39 is 23.7 Å². The first-order valence-corrected chi connectivity index (χ1v) is 6.75. The van der Waals surface area contributed by atoms with E-state index in [9.17, 15) is 19.1 Å². The molecule has 23 heavy (non-hydrogen) atoms. The number of carbonyl (C=O) groups is 2. The van der Waals surface area contributed by atoms with E-state index in [-0.39, 0.29) is 17.9 Å². The van der Waals surface area contributed by atoms with Gasteiger partial charge in [-0.2, -0.15) is 5.10 Å². The first-order valence-electron chi connectivity index (χ1n) is 6.75. The van der Waals surface area contributed by atoms with E-state index in [1.165, 1.54) is 23.9 Å². The number of methoxy groups -OCH3 is 1. The van der Waals surface area contributed by atoms with Crippen LogP contribution in [0.2, 0.25) is 0 Å². The molecule has 0 spiro atoms. The lowest BCUT2D eigenvalue weighted by atomic mass is 10.1. The van der Waals surface area contributed by atoms with Crippen LogP contribution in [0.5, 0.6) is 5.75 Å². The summed E-state index contributed by atoms with van der Waals surface area (Å²) in [4.78, 5) is 23.3. The Balaban J connectivity index is 2.13. The largest absolute Gasteiger partial charge is 0.494 e. The number of carboxylic acid groups (broad SMARTS) is 1. The molecule has 0 fully saturated rings. The van der Waals surface area contributed by atoms with Gasteiger partial charge >= 0.3 is 5.97 Å². The number of carboxylic acids is 1. The maximum absolute atomic E-state index is 13.7. The second-order valence-corrected chi connectivity index (χ2v) is 4.95. The minimum atomic E-state index is -1.36. The van der Waals surface area contributed by atoms with E-state index >= 15 is 0 Å². The van der Waals surface area contributed by atoms with Crippen molar-refractivity contribution in [2.45, 2.75) is 19.5 Å². The lowest BCUT2D eigenvalue weighted by Crippen LogP contribution is -2.36. The van der Waals surface area contributed by atoms with Crippen LogP contribution in [-0.2, 0) is 16.1 Å². The summed E-state index contributed by atoms with van der Waals surface area (Å²) in [5.74, 6) is -2.54. The average molecular weight is 321 g/mol. The van der Waals surface area contributed by atoms with Crippen LogP contribution < -0.4 is 10.1 Å². The Kier molecular flexibility index (Phi) is 4.95. The highest BCUT2D eigenvalue weighted by molar-refractivity contribution is 5.84. The lowest BCUT2D eigenvalue weighted by Gasteiger charge is -2.15. The van der Waals surface area contributed by atoms with E-state index in [0.717, 1.165) is 11.6 Å². The standard InChI is InChI=1S/C15H16FN3O4/c1-9-6-17-19(7-9)8-13(20)18-14(15(21)22)10-3-4-12(23-2)11(16)5-10/h3-7,14H,8H2,1-2H3,(H,18,20)(H,21,22). The van der Waals surface area contributed by atoms with Crippen LogP contribution in [0.15, 0.2) is 30.6 Å². The van der Waals surface area contributed by atoms with Gasteiger partial charge in [0.25, 0.3) is 0 Å². The van der Waals surface area contributed by atoms with E-state index in [0.29, 0.717) is 0 Å². The second kappa shape index (κ2) is 6.91. The monoisotopic (exact) mass is 321 g/mol. The predicted octanol–water partition coefficient (Wildman–Crippen LogP) is 1.28. The number of amides is 1. The van der Waals surface area contributed by atoms with Gasteiger partial charge in [-0.1, -0.05) is 6.07 Å². The van der Waals surface area contributed by atoms with Crippen LogP contribution in [0.25, 0.3) is 0 Å². The van der Waals surface area contributed by atoms with Crippen molar-refractivity contribution in [3.8, 4) is 5.75 Å². The molecular formula is C15H16FN3O4. The summed E-state index contributed by atoms with van der Waals surface area (Å²) >= 11 is 0. The number of aliphatic carboxylic acids is 1. The zero-order chi connectivity index (χ0) is 17.0. The summed E-state index contributed by atoms with van der Waals surface area (Å²) in [6.07, 6.45) is 3.24. The Morgan fingerprint density at radius 1 is 1.48 bits per heavy atom. The number of halogens is 1. The van der Waals surface area contributed by atoms with E-state index in [1.54, 1.807) is 12.4 Å². The number of hydrogen-bond acceptors (Lipinski definition) is 4. The molecule has 0 radical (unpaired) electrons. The van der Waals surface area contributed by atoms with Gasteiger partial charge in [-0.3, -0.25) is 9.48 Å². The summed E-state index contributed by atoms with van der Waals surface area (Å²) in [6.45, 7) is 1.69. The summed E-state index contributed by atoms with van der Waals surface area (Å²) in [7, 11) is 1.31. The number of carbonyl (C=O) groups excluding carboxylic acids is 1. The van der Waals surface area contributed by atoms with E-state index in [2.05, 4.69) is 10.4 Å². The zero-order valence-electron chi connectivity index (χ0n) is 12.6. The molecule has 1 aromatic carbocycles. The number of ether oxygens (including phenoxy) is 1. The molecule has 0 aliphatic heterocycles. The van der Waals surface area contributed by atoms with Gasteiger partial charge in [0.1, 0.15) is 6.54 Å². The summed E-state index contributed by atoms with van der Waals surface area (Å²) < 4.78 is 19.9. The molecule has 0 saturated heterocycles. The molecule has 2 N–H and O–H groups in total. The second-order valence-electron chi connectivity index (χ2n) is 4.95. The molecule has 1 heterocycles. The van der Waals surface area contributed by atoms with Gasteiger partial charge in [0, 0.05) is 6.20 Å². The number of rotatable bonds is 6. The predicted molar refractivity (Wildman–Crippen MR) is 78.4 cm³/mol. The molecule has 1 aromatic heterocycles. The van der Waals surface area contributed by atoms with Gasteiger partial charge < -0.3 is 15.2 Å². The Bertz CT molecular complexity index is 729. The van der Waals surface area contributed by atoms with E-state index in [4.69, 9.17) is 4.74 Å². The number of hydrogen-bond donors (Lipinski definition) is 2. The quantitative estimate of drug-likeness (QED) is 0.836. The Morgan fingerprint density at radius 2 is 2.22 bits per heavy atom.